The van der Waals surface area contributed by atoms with Gasteiger partial charge in [0.1, 0.15) is 23.0 Å². The minimum Gasteiger partial charge on any atom is -0.481 e. The first-order valence-electron chi connectivity index (χ1n) is 42.4. The molecule has 133 heavy (non-hydrogen) atoms. The van der Waals surface area contributed by atoms with Gasteiger partial charge in [-0.1, -0.05) is 130 Å². The highest BCUT2D eigenvalue weighted by molar-refractivity contribution is 8.01. The van der Waals surface area contributed by atoms with Gasteiger partial charge < -0.3 is 149 Å². The van der Waals surface area contributed by atoms with Crippen LogP contribution in [0.15, 0.2) is 87.7 Å². The number of carboxylic acid groups (broad SMARTS) is 1. The van der Waals surface area contributed by atoms with E-state index in [1.165, 1.54) is 47.0 Å². The third-order valence-electron chi connectivity index (χ3n) is 18.5. The number of likely N-dealkylation sites (N-methyl/N-ethyl adjacent to an activating group) is 4. The van der Waals surface area contributed by atoms with Crippen molar-refractivity contribution in [2.45, 2.75) is 197 Å². The maximum Gasteiger partial charge on any atom is 0.361 e. The number of nitrogens with zero attached hydrogens (tertiary/aromatic N) is 8. The first kappa shape index (κ1) is 122. The maximum absolute atomic E-state index is 14.4. The van der Waals surface area contributed by atoms with Crippen molar-refractivity contribution < 1.29 is 124 Å². The Morgan fingerprint density at radius 3 is 0.594 bits per heavy atom. The molecule has 0 spiro atoms. The third-order valence-corrected chi connectivity index (χ3v) is 22.7. The van der Waals surface area contributed by atoms with Gasteiger partial charge in [-0.25, -0.2) is 19.2 Å². The summed E-state index contributed by atoms with van der Waals surface area (Å²) < 4.78 is 50.5. The Hall–Kier alpha value is -10.7. The van der Waals surface area contributed by atoms with E-state index in [1.54, 1.807) is 27.7 Å². The van der Waals surface area contributed by atoms with Crippen LogP contribution in [0.5, 0.6) is 23.0 Å². The average Bonchev–Trinajstić information content (AvgIpc) is 0.757. The molecule has 8 bridgehead atoms. The van der Waals surface area contributed by atoms with Crippen LogP contribution in [-0.4, -0.2) is 291 Å². The molecular formula is C86H137N13O30S4. The minimum absolute atomic E-state index is 0.176. The summed E-state index contributed by atoms with van der Waals surface area (Å²) in [4.78, 5) is 155. The van der Waals surface area contributed by atoms with E-state index in [-0.39, 0.29) is 107 Å². The lowest BCUT2D eigenvalue weighted by atomic mass is 9.87. The molecular weight excluding hydrogens is 1820 g/mol. The summed E-state index contributed by atoms with van der Waals surface area (Å²) in [5.41, 5.74) is 6.32. The summed E-state index contributed by atoms with van der Waals surface area (Å²) >= 11 is 5.50. The van der Waals surface area contributed by atoms with Crippen molar-refractivity contribution in [2.75, 3.05) is 194 Å². The molecule has 47 heteroatoms. The Labute approximate surface area is 794 Å². The molecule has 0 radical (unpaired) electrons. The topological polar surface area (TPSA) is 587 Å². The average molecular weight is 1960 g/mol. The summed E-state index contributed by atoms with van der Waals surface area (Å²) in [5, 5.41) is 78.9. The molecule has 5 rings (SSSR count). The van der Waals surface area contributed by atoms with Gasteiger partial charge in [-0.15, -0.1) is 0 Å². The second-order valence-corrected chi connectivity index (χ2v) is 40.9. The van der Waals surface area contributed by atoms with E-state index in [9.17, 15) is 43.2 Å². The largest absolute Gasteiger partial charge is 0.481 e. The summed E-state index contributed by atoms with van der Waals surface area (Å²) in [6.45, 7) is 36.2. The smallest absolute Gasteiger partial charge is 0.361 e. The summed E-state index contributed by atoms with van der Waals surface area (Å²) in [6.07, 6.45) is 2.24. The highest BCUT2D eigenvalue weighted by atomic mass is 32.2. The van der Waals surface area contributed by atoms with Crippen molar-refractivity contribution in [3.8, 4) is 23.0 Å². The first-order valence-corrected chi connectivity index (χ1v) is 45.7. The number of rotatable bonds is 41. The SMILES string of the molecule is CCOC(=O)C[N+](C)(C)CCCNC(=O)COc1c2cc(C(C)(C)C)cc1Sc1cc(C(C)(C)C)cc(c1OCC(=O)NCCC[N+](C)(C)CC(=O)OCC)Sc1cc(C(C)(C)C)cc(c1OCC(=O)NCCC[N+](C)(C)CC(=O)OCC)Sc1cc(C(C)(C)C)cc(c1OCC(=O)NCCC[N+](C)(C)CC(=O)OCC)S2.NCC(=O)O.O=[N+]([O-])[O-].O=[N+]([O-])[O-].O=[N+]([O-])[O-].O=[N+]([O-])[O-]. The van der Waals surface area contributed by atoms with Gasteiger partial charge in [0.15, 0.2) is 52.6 Å². The molecule has 4 amide bonds. The maximum atomic E-state index is 14.4. The predicted octanol–water partition coefficient (Wildman–Crippen LogP) is 9.97. The standard InChI is InChI=1S/C84H128N8O16S4.C2H5NO2.4NO3/c1-25-101-73(97)49-89(17,18)37-29-33-85-69(93)53-105-77-61-41-57(81(5,6)7)42-62(77)110-64-44-59(83(11,12)13)46-66(79(64)107-55-71(95)87-35-31-39-91(21,22)51-75(99)103-27-3)112-68-48-60(84(14,15)16)47-67(80(68)108-56-72(96)88-36-32-40-92(23,24)52-76(100)104-28-4)111-65-45-58(82(8,9)10)43-63(109-61)78(65)106-54-70(94)86-34-30-38-90(19,20)50-74(98)102-26-2;3-1-2(4)5;4*2-1(3)4/h41-48H,25-40,49-56H2,1-24H3;1,3H2,(H,4,5);;;;/q;;4*-1/p+4. The Bertz CT molecular complexity index is 3860. The molecule has 750 valence electrons. The van der Waals surface area contributed by atoms with Crippen LogP contribution in [0.1, 0.15) is 159 Å². The molecule has 0 saturated carbocycles. The van der Waals surface area contributed by atoms with Crippen molar-refractivity contribution in [1.82, 2.24) is 21.3 Å². The lowest BCUT2D eigenvalue weighted by Gasteiger charge is -2.29. The molecule has 1 aliphatic heterocycles. The van der Waals surface area contributed by atoms with Crippen molar-refractivity contribution in [2.24, 2.45) is 5.73 Å². The number of carboxylic acids is 1. The summed E-state index contributed by atoms with van der Waals surface area (Å²) in [5.74, 6) is -2.18. The van der Waals surface area contributed by atoms with Gasteiger partial charge in [-0.3, -0.25) is 24.0 Å². The highest BCUT2D eigenvalue weighted by Crippen LogP contribution is 2.57. The number of benzene rings is 4. The fraction of sp³-hybridized carbons (Fsp3) is 0.616. The van der Waals surface area contributed by atoms with Gasteiger partial charge in [0.25, 0.3) is 23.6 Å². The zero-order valence-corrected chi connectivity index (χ0v) is 84.1. The quantitative estimate of drug-likeness (QED) is 0.00529. The number of carbonyl (C=O) groups excluding carboxylic acids is 8. The van der Waals surface area contributed by atoms with Gasteiger partial charge in [-0.05, 0) is 120 Å². The second kappa shape index (κ2) is 58.5. The molecule has 1 aliphatic rings. The zero-order chi connectivity index (χ0) is 102. The number of amides is 4. The third kappa shape index (κ3) is 53.7. The molecule has 0 aromatic heterocycles. The zero-order valence-electron chi connectivity index (χ0n) is 80.9. The van der Waals surface area contributed by atoms with Crippen molar-refractivity contribution in [3.05, 3.63) is 132 Å². The van der Waals surface area contributed by atoms with Gasteiger partial charge in [0, 0.05) is 51.9 Å². The van der Waals surface area contributed by atoms with E-state index in [4.69, 9.17) is 104 Å². The molecule has 1 heterocycles. The number of aliphatic carboxylic acids is 1. The fourth-order valence-electron chi connectivity index (χ4n) is 11.9. The summed E-state index contributed by atoms with van der Waals surface area (Å²) in [7, 11) is 15.6. The van der Waals surface area contributed by atoms with E-state index in [0.717, 1.165) is 22.3 Å². The van der Waals surface area contributed by atoms with Crippen molar-refractivity contribution in [3.63, 3.8) is 0 Å². The van der Waals surface area contributed by atoms with E-state index in [2.05, 4.69) is 159 Å². The van der Waals surface area contributed by atoms with Crippen LogP contribution in [0.4, 0.5) is 0 Å². The molecule has 0 unspecified atom stereocenters. The van der Waals surface area contributed by atoms with E-state index in [1.807, 2.05) is 56.4 Å². The van der Waals surface area contributed by atoms with Crippen molar-refractivity contribution >= 4 is 101 Å². The Morgan fingerprint density at radius 2 is 0.474 bits per heavy atom. The van der Waals surface area contributed by atoms with E-state index in [0.29, 0.717) is 158 Å². The molecule has 0 saturated heterocycles. The van der Waals surface area contributed by atoms with Crippen LogP contribution in [0.2, 0.25) is 0 Å². The number of ether oxygens (including phenoxy) is 8. The van der Waals surface area contributed by atoms with Crippen LogP contribution < -0.4 is 45.9 Å². The molecule has 0 atom stereocenters. The number of hydrogen-bond donors (Lipinski definition) is 6. The predicted molar refractivity (Wildman–Crippen MR) is 502 cm³/mol. The molecule has 4 aromatic rings. The number of hydrogen-bond acceptors (Lipinski definition) is 34. The van der Waals surface area contributed by atoms with Crippen molar-refractivity contribution in [1.29, 1.82) is 0 Å². The lowest BCUT2D eigenvalue weighted by Crippen LogP contribution is -2.46. The number of nitrogens with two attached hydrogens (primary N) is 1. The van der Waals surface area contributed by atoms with Crippen LogP contribution in [-0.2, 0) is 83.8 Å². The van der Waals surface area contributed by atoms with Gasteiger partial charge in [0.05, 0.1) is 175 Å². The Morgan fingerprint density at radius 1 is 0.331 bits per heavy atom. The molecule has 4 aromatic carbocycles. The number of carbonyl (C=O) groups is 9. The number of fused-ring (bicyclic) bond motifs is 8. The van der Waals surface area contributed by atoms with E-state index < -0.39 is 74.4 Å². The minimum atomic E-state index is -1.75. The number of quaternary nitrogens is 4. The van der Waals surface area contributed by atoms with Gasteiger partial charge in [-0.2, -0.15) is 0 Å². The number of nitrogens with one attached hydrogen (secondary N) is 4. The second-order valence-electron chi connectivity index (χ2n) is 36.6. The molecule has 0 fully saturated rings. The lowest BCUT2D eigenvalue weighted by molar-refractivity contribution is -0.883. The monoisotopic (exact) mass is 1960 g/mol. The Balaban J connectivity index is 0.00000746. The van der Waals surface area contributed by atoms with Crippen LogP contribution >= 0.6 is 47.0 Å². The van der Waals surface area contributed by atoms with Gasteiger partial charge >= 0.3 is 29.8 Å². The highest BCUT2D eigenvalue weighted by Gasteiger charge is 2.34. The fourth-order valence-corrected chi connectivity index (χ4v) is 16.7. The Kier molecular flexibility index (Phi) is 53.8. The van der Waals surface area contributed by atoms with Gasteiger partial charge in [0.2, 0.25) is 0 Å². The van der Waals surface area contributed by atoms with Crippen LogP contribution in [0.25, 0.3) is 0 Å². The normalized spacial score (nSPS) is 11.9. The van der Waals surface area contributed by atoms with Crippen LogP contribution in [0, 0.1) is 61.3 Å². The molecule has 43 nitrogen and oxygen atoms in total. The van der Waals surface area contributed by atoms with E-state index >= 15 is 0 Å². The number of esters is 4. The summed E-state index contributed by atoms with van der Waals surface area (Å²) in [6, 6.07) is 16.6. The first-order chi connectivity index (χ1) is 61.3. The van der Waals surface area contributed by atoms with Crippen LogP contribution in [0.3, 0.4) is 0 Å². The molecule has 0 aliphatic carbocycles. The molecule has 7 N–H and O–H groups in total.